The maximum Gasteiger partial charge on any atom is 0.472 e. The number of aliphatic hydroxyl groups excluding tert-OH is 5. The molecule has 1 saturated carbocycles. The Morgan fingerprint density at radius 2 is 1.00 bits per heavy atom. The molecular formula is C40H73O13P. The van der Waals surface area contributed by atoms with Crippen LogP contribution in [0.3, 0.4) is 0 Å². The van der Waals surface area contributed by atoms with Gasteiger partial charge in [0, 0.05) is 12.8 Å². The van der Waals surface area contributed by atoms with Gasteiger partial charge in [-0.15, -0.1) is 0 Å². The van der Waals surface area contributed by atoms with E-state index in [1.165, 1.54) is 57.8 Å². The van der Waals surface area contributed by atoms with E-state index in [0.29, 0.717) is 12.8 Å². The Kier molecular flexibility index (Phi) is 29.3. The third-order valence-corrected chi connectivity index (χ3v) is 10.5. The quantitative estimate of drug-likeness (QED) is 0.0173. The molecule has 0 amide bonds. The molecule has 1 rings (SSSR count). The number of hydrogen-bond donors (Lipinski definition) is 6. The van der Waals surface area contributed by atoms with Gasteiger partial charge in [0.1, 0.15) is 43.2 Å². The molecule has 0 aromatic rings. The van der Waals surface area contributed by atoms with Gasteiger partial charge in [0.15, 0.2) is 6.10 Å². The van der Waals surface area contributed by atoms with Gasteiger partial charge in [0.2, 0.25) is 0 Å². The molecule has 0 aromatic carbocycles. The van der Waals surface area contributed by atoms with Crippen LogP contribution in [0.4, 0.5) is 0 Å². The smallest absolute Gasteiger partial charge is 0.462 e. The predicted molar refractivity (Wildman–Crippen MR) is 207 cm³/mol. The van der Waals surface area contributed by atoms with Crippen molar-refractivity contribution in [2.45, 2.75) is 204 Å². The summed E-state index contributed by atoms with van der Waals surface area (Å²) < 4.78 is 33.3. The van der Waals surface area contributed by atoms with Crippen LogP contribution in [0.1, 0.15) is 162 Å². The molecule has 0 saturated heterocycles. The van der Waals surface area contributed by atoms with Gasteiger partial charge in [-0.05, 0) is 44.9 Å². The molecule has 0 aliphatic heterocycles. The molecule has 13 nitrogen and oxygen atoms in total. The molecule has 6 atom stereocenters. The van der Waals surface area contributed by atoms with E-state index in [1.54, 1.807) is 0 Å². The summed E-state index contributed by atoms with van der Waals surface area (Å²) in [5.74, 6) is -1.12. The van der Waals surface area contributed by atoms with Crippen molar-refractivity contribution in [1.82, 2.24) is 0 Å². The number of hydrogen-bond acceptors (Lipinski definition) is 12. The van der Waals surface area contributed by atoms with E-state index in [4.69, 9.17) is 18.5 Å². The molecule has 0 spiro atoms. The first-order valence-electron chi connectivity index (χ1n) is 20.6. The molecule has 1 fully saturated rings. The Morgan fingerprint density at radius 3 is 1.54 bits per heavy atom. The van der Waals surface area contributed by atoms with Gasteiger partial charge in [-0.25, -0.2) is 4.57 Å². The summed E-state index contributed by atoms with van der Waals surface area (Å²) >= 11 is 0. The number of unbranched alkanes of at least 4 members (excludes halogenated alkanes) is 17. The van der Waals surface area contributed by atoms with Gasteiger partial charge in [0.25, 0.3) is 0 Å². The highest BCUT2D eigenvalue weighted by molar-refractivity contribution is 7.47. The molecule has 1 aliphatic rings. The van der Waals surface area contributed by atoms with Crippen LogP contribution in [0.25, 0.3) is 0 Å². The molecule has 6 unspecified atom stereocenters. The predicted octanol–water partition coefficient (Wildman–Crippen LogP) is 6.89. The van der Waals surface area contributed by atoms with Crippen LogP contribution in [-0.4, -0.2) is 98.3 Å². The van der Waals surface area contributed by atoms with Crippen molar-refractivity contribution in [1.29, 1.82) is 0 Å². The molecule has 0 heterocycles. The van der Waals surface area contributed by atoms with Crippen molar-refractivity contribution in [3.8, 4) is 0 Å². The van der Waals surface area contributed by atoms with Crippen molar-refractivity contribution in [2.24, 2.45) is 0 Å². The third-order valence-electron chi connectivity index (χ3n) is 9.55. The first-order valence-corrected chi connectivity index (χ1v) is 22.1. The highest BCUT2D eigenvalue weighted by Crippen LogP contribution is 2.47. The highest BCUT2D eigenvalue weighted by atomic mass is 31.2. The standard InChI is InChI=1S/C40H73O13P/c1-3-5-7-9-11-13-15-16-17-18-19-21-23-25-27-29-34(42)52-32(30-50-33(41)28-26-24-22-20-14-12-10-8-6-4-2)31-51-54(48,49)53-40-38(46)36(44)35(43)37(45)39(40)47/h11,13,16-17,32,35-40,43-47H,3-10,12,14-15,18-31H2,1-2H3,(H,48,49)/b13-11-,17-16-. The summed E-state index contributed by atoms with van der Waals surface area (Å²) in [5, 5.41) is 50.0. The molecule has 0 bridgehead atoms. The maximum atomic E-state index is 12.7. The van der Waals surface area contributed by atoms with Crippen LogP contribution < -0.4 is 0 Å². The molecule has 0 radical (unpaired) electrons. The molecule has 6 N–H and O–H groups in total. The fraction of sp³-hybridized carbons (Fsp3) is 0.850. The normalized spacial score (nSPS) is 23.5. The van der Waals surface area contributed by atoms with Gasteiger partial charge in [0.05, 0.1) is 6.61 Å². The van der Waals surface area contributed by atoms with E-state index < -0.39 is 75.7 Å². The Balaban J connectivity index is 2.52. The lowest BCUT2D eigenvalue weighted by Gasteiger charge is -2.41. The average Bonchev–Trinajstić information content (AvgIpc) is 3.15. The molecular weight excluding hydrogens is 719 g/mol. The minimum absolute atomic E-state index is 0.0827. The number of aliphatic hydroxyl groups is 5. The lowest BCUT2D eigenvalue weighted by Crippen LogP contribution is -2.64. The summed E-state index contributed by atoms with van der Waals surface area (Å²) in [5.41, 5.74) is 0. The topological polar surface area (TPSA) is 210 Å². The largest absolute Gasteiger partial charge is 0.472 e. The number of carbonyl (C=O) groups is 2. The molecule has 0 aromatic heterocycles. The van der Waals surface area contributed by atoms with E-state index in [9.17, 15) is 44.6 Å². The van der Waals surface area contributed by atoms with Crippen molar-refractivity contribution < 1.29 is 63.1 Å². The number of rotatable bonds is 33. The van der Waals surface area contributed by atoms with Gasteiger partial charge in [-0.1, -0.05) is 128 Å². The van der Waals surface area contributed by atoms with Crippen LogP contribution in [0.5, 0.6) is 0 Å². The van der Waals surface area contributed by atoms with Crippen LogP contribution in [0, 0.1) is 0 Å². The molecule has 1 aliphatic carbocycles. The van der Waals surface area contributed by atoms with Crippen molar-refractivity contribution in [3.05, 3.63) is 24.3 Å². The first-order chi connectivity index (χ1) is 25.9. The van der Waals surface area contributed by atoms with Crippen molar-refractivity contribution in [2.75, 3.05) is 13.2 Å². The monoisotopic (exact) mass is 792 g/mol. The number of phosphoric acid groups is 1. The molecule has 14 heteroatoms. The van der Waals surface area contributed by atoms with E-state index in [1.807, 2.05) is 0 Å². The number of phosphoric ester groups is 1. The fourth-order valence-electron chi connectivity index (χ4n) is 6.14. The maximum absolute atomic E-state index is 12.7. The van der Waals surface area contributed by atoms with E-state index >= 15 is 0 Å². The molecule has 316 valence electrons. The Morgan fingerprint density at radius 1 is 0.574 bits per heavy atom. The van der Waals surface area contributed by atoms with Gasteiger partial charge in [-0.3, -0.25) is 18.6 Å². The zero-order valence-electron chi connectivity index (χ0n) is 33.0. The average molecular weight is 793 g/mol. The lowest BCUT2D eigenvalue weighted by molar-refractivity contribution is -0.220. The summed E-state index contributed by atoms with van der Waals surface area (Å²) in [6.07, 6.45) is 18.2. The number of allylic oxidation sites excluding steroid dienone is 4. The first kappa shape index (κ1) is 50.3. The Bertz CT molecular complexity index is 1050. The van der Waals surface area contributed by atoms with Crippen LogP contribution in [0.2, 0.25) is 0 Å². The Labute approximate surface area is 324 Å². The second-order valence-corrected chi connectivity index (χ2v) is 15.9. The van der Waals surface area contributed by atoms with E-state index in [2.05, 4.69) is 38.2 Å². The van der Waals surface area contributed by atoms with Crippen molar-refractivity contribution >= 4 is 19.8 Å². The third kappa shape index (κ3) is 24.1. The number of carbonyl (C=O) groups excluding carboxylic acids is 2. The minimum Gasteiger partial charge on any atom is -0.462 e. The second kappa shape index (κ2) is 31.4. The Hall–Kier alpha value is -1.67. The molecule has 54 heavy (non-hydrogen) atoms. The summed E-state index contributed by atoms with van der Waals surface area (Å²) in [6, 6.07) is 0. The van der Waals surface area contributed by atoms with Crippen LogP contribution in [-0.2, 0) is 32.7 Å². The van der Waals surface area contributed by atoms with Crippen molar-refractivity contribution in [3.63, 3.8) is 0 Å². The fourth-order valence-corrected chi connectivity index (χ4v) is 7.11. The second-order valence-electron chi connectivity index (χ2n) is 14.5. The SMILES string of the molecule is CCCCC/C=C\C/C=C\CCCCCCCC(=O)OC(COC(=O)CCCCCCCCCCCC)COP(=O)(O)OC1C(O)C(O)C(O)C(O)C1O. The summed E-state index contributed by atoms with van der Waals surface area (Å²) in [4.78, 5) is 35.5. The van der Waals surface area contributed by atoms with E-state index in [-0.39, 0.29) is 12.8 Å². The van der Waals surface area contributed by atoms with Gasteiger partial charge >= 0.3 is 19.8 Å². The zero-order valence-corrected chi connectivity index (χ0v) is 33.9. The zero-order chi connectivity index (χ0) is 40.0. The van der Waals surface area contributed by atoms with Gasteiger partial charge in [-0.2, -0.15) is 0 Å². The highest BCUT2D eigenvalue weighted by Gasteiger charge is 2.51. The van der Waals surface area contributed by atoms with Crippen LogP contribution in [0.15, 0.2) is 24.3 Å². The minimum atomic E-state index is -5.11. The number of ether oxygens (including phenoxy) is 2. The lowest BCUT2D eigenvalue weighted by atomic mass is 9.85. The van der Waals surface area contributed by atoms with Gasteiger partial charge < -0.3 is 39.9 Å². The van der Waals surface area contributed by atoms with E-state index in [0.717, 1.165) is 64.2 Å². The summed E-state index contributed by atoms with van der Waals surface area (Å²) in [6.45, 7) is 3.22. The number of esters is 2. The summed E-state index contributed by atoms with van der Waals surface area (Å²) in [7, 11) is -5.11. The van der Waals surface area contributed by atoms with Crippen LogP contribution >= 0.6 is 7.82 Å².